The number of aliphatic hydroxyl groups is 8. The van der Waals surface area contributed by atoms with E-state index in [1.807, 2.05) is 129 Å². The molecule has 33 nitrogen and oxygen atoms in total. The summed E-state index contributed by atoms with van der Waals surface area (Å²) in [5.74, 6) is 1.29. The highest BCUT2D eigenvalue weighted by Crippen LogP contribution is 2.30. The van der Waals surface area contributed by atoms with Crippen LogP contribution in [0.2, 0.25) is 30.1 Å². The highest BCUT2D eigenvalue weighted by Gasteiger charge is 2.17. The number of hydrogen-bond donors (Lipinski definition) is 8. The number of aryl methyl sites for hydroxylation is 2. The summed E-state index contributed by atoms with van der Waals surface area (Å²) in [6.07, 6.45) is 26.6. The van der Waals surface area contributed by atoms with Crippen LogP contribution in [-0.2, 0) is 44.9 Å². The van der Waals surface area contributed by atoms with E-state index in [4.69, 9.17) is 110 Å². The fourth-order valence-electron chi connectivity index (χ4n) is 12.1. The van der Waals surface area contributed by atoms with Crippen molar-refractivity contribution in [1.29, 1.82) is 0 Å². The summed E-state index contributed by atoms with van der Waals surface area (Å²) in [6, 6.07) is 57.5. The van der Waals surface area contributed by atoms with E-state index in [0.717, 1.165) is 44.6 Å². The number of aromatic nitrogens is 16. The van der Waals surface area contributed by atoms with Crippen LogP contribution in [0.3, 0.4) is 0 Å². The van der Waals surface area contributed by atoms with Crippen LogP contribution < -0.4 is 4.90 Å². The Bertz CT molecular complexity index is 6520. The molecule has 8 aromatic carbocycles. The Labute approximate surface area is 867 Å². The van der Waals surface area contributed by atoms with E-state index in [1.165, 1.54) is 122 Å². The summed E-state index contributed by atoms with van der Waals surface area (Å²) in [4.78, 5) is 157. The number of Topliss-reactive ketones (excluding diaryl/α,β-unsaturated/α-hetero) is 8. The molecule has 0 atom stereocenters. The Morgan fingerprint density at radius 3 is 0.760 bits per heavy atom. The van der Waals surface area contributed by atoms with Gasteiger partial charge < -0.3 is 45.8 Å². The minimum Gasteiger partial charge on any atom is -0.388 e. The van der Waals surface area contributed by atoms with Crippen molar-refractivity contribution in [2.75, 3.05) is 64.8 Å². The Morgan fingerprint density at radius 2 is 0.479 bits per heavy atom. The molecule has 0 fully saturated rings. The van der Waals surface area contributed by atoms with Crippen LogP contribution in [0.1, 0.15) is 174 Å². The molecule has 0 spiro atoms. The molecule has 0 amide bonds. The quantitative estimate of drug-likeness (QED) is 0.0182. The van der Waals surface area contributed by atoms with Crippen molar-refractivity contribution >= 4 is 128 Å². The second-order valence-corrected chi connectivity index (χ2v) is 33.6. The van der Waals surface area contributed by atoms with Gasteiger partial charge in [0.25, 0.3) is 0 Å². The molecule has 40 heteroatoms. The average Bonchev–Trinajstić information content (AvgIpc) is 0.835. The number of nitrogens with zero attached hydrogens (tertiary/aromatic N) is 17. The molecule has 146 heavy (non-hydrogen) atoms. The van der Waals surface area contributed by atoms with E-state index in [1.54, 1.807) is 72.6 Å². The third kappa shape index (κ3) is 38.5. The number of ketones is 8. The average molecular weight is 2090 g/mol. The van der Waals surface area contributed by atoms with Crippen LogP contribution in [0.5, 0.6) is 0 Å². The smallest absolute Gasteiger partial charge is 0.229 e. The summed E-state index contributed by atoms with van der Waals surface area (Å²) >= 11 is 35.4. The zero-order valence-electron chi connectivity index (χ0n) is 78.3. The van der Waals surface area contributed by atoms with Crippen LogP contribution in [0.4, 0.5) is 16.0 Å². The topological polar surface area (TPSA) is 508 Å². The zero-order chi connectivity index (χ0) is 105. The van der Waals surface area contributed by atoms with Crippen LogP contribution in [0.15, 0.2) is 287 Å². The van der Waals surface area contributed by atoms with Crippen molar-refractivity contribution in [3.05, 3.63) is 459 Å². The van der Waals surface area contributed by atoms with Gasteiger partial charge in [0, 0.05) is 167 Å². The van der Waals surface area contributed by atoms with E-state index in [2.05, 4.69) is 79.7 Å². The Hall–Kier alpha value is -15.1. The predicted molar refractivity (Wildman–Crippen MR) is 546 cm³/mol. The van der Waals surface area contributed by atoms with Crippen LogP contribution in [0, 0.1) is 19.7 Å². The van der Waals surface area contributed by atoms with Gasteiger partial charge in [-0.05, 0) is 113 Å². The molecule has 0 aliphatic rings. The van der Waals surface area contributed by atoms with Gasteiger partial charge in [0.15, 0.2) is 46.3 Å². The predicted octanol–water partition coefficient (Wildman–Crippen LogP) is 14.8. The second kappa shape index (κ2) is 60.5. The van der Waals surface area contributed by atoms with Gasteiger partial charge in [-0.2, -0.15) is 0 Å². The van der Waals surface area contributed by atoms with Crippen molar-refractivity contribution in [3.63, 3.8) is 0 Å². The standard InChI is InChI=1S/2C14H14N2O2.C13H11Cl2N3O2.C13H10Cl2N2O2.2C13H11ClN2O2.C13H11FN2O2.C13H12N2O2/c2*1-10-2-4-11(5-3-10)6-14-15-7-12(8-16-14)13(18)9-17;1-18(9-2-3-10(14)11(15)4-9)13-16-5-8(6-17-13)12(20)7-19;14-10-2-1-8(3-11(10)15)4-13-16-5-9(6-17-13)12(19)7-18;14-11-3-1-9(2-4-11)5-13-15-6-10(7-16-13)12(18)8-17;14-11-4-2-1-3-9(11)5-13-15-6-10(7-16-13)12(18)8-17;14-11-3-1-9(2-4-11)5-13-15-6-10(7-16-13)12(18)8-17;16-9-12(17)11-7-14-13(15-8-11)6-10-4-2-1-3-5-10/h2*2-5,7-8,17H,6,9H2,1H3;2-6,19H,7H2,1H3;1-3,5-6,18H,4,7H2;3*1-4,6-7,17H,5,8H2;1-5,7-8,16H,6,9H2. The number of rotatable bonds is 32. The molecule has 16 aromatic rings. The van der Waals surface area contributed by atoms with E-state index in [-0.39, 0.29) is 45.9 Å². The molecular weight excluding hydrogens is 2000 g/mol. The van der Waals surface area contributed by atoms with Gasteiger partial charge >= 0.3 is 0 Å². The van der Waals surface area contributed by atoms with Gasteiger partial charge in [0.1, 0.15) is 99.4 Å². The van der Waals surface area contributed by atoms with Gasteiger partial charge in [-0.1, -0.05) is 208 Å². The lowest BCUT2D eigenvalue weighted by Crippen LogP contribution is -2.14. The van der Waals surface area contributed by atoms with Crippen LogP contribution >= 0.6 is 69.6 Å². The van der Waals surface area contributed by atoms with Crippen LogP contribution in [0.25, 0.3) is 0 Å². The third-order valence-corrected chi connectivity index (χ3v) is 22.4. The first-order chi connectivity index (χ1) is 70.4. The van der Waals surface area contributed by atoms with Gasteiger partial charge in [-0.3, -0.25) is 38.4 Å². The Kier molecular flexibility index (Phi) is 47.4. The number of halogens is 7. The summed E-state index contributed by atoms with van der Waals surface area (Å²) in [5.41, 5.74) is 12.8. The number of benzene rings is 8. The molecule has 16 rings (SSSR count). The summed E-state index contributed by atoms with van der Waals surface area (Å²) in [5, 5.41) is 72.9. The Morgan fingerprint density at radius 1 is 0.247 bits per heavy atom. The lowest BCUT2D eigenvalue weighted by Gasteiger charge is -2.17. The molecule has 0 bridgehead atoms. The minimum atomic E-state index is -0.564. The highest BCUT2D eigenvalue weighted by atomic mass is 35.5. The number of anilines is 2. The number of aliphatic hydroxyl groups excluding tert-OH is 8. The van der Waals surface area contributed by atoms with Crippen molar-refractivity contribution in [1.82, 2.24) is 79.7 Å². The zero-order valence-corrected chi connectivity index (χ0v) is 82.9. The molecule has 8 heterocycles. The molecule has 0 radical (unpaired) electrons. The minimum absolute atomic E-state index is 0.263. The van der Waals surface area contributed by atoms with E-state index in [9.17, 15) is 42.7 Å². The fourth-order valence-corrected chi connectivity index (χ4v) is 13.0. The summed E-state index contributed by atoms with van der Waals surface area (Å²) in [7, 11) is 1.77. The highest BCUT2D eigenvalue weighted by molar-refractivity contribution is 6.42. The number of carbonyl (C=O) groups excluding carboxylic acids is 8. The second-order valence-electron chi connectivity index (χ2n) is 31.1. The summed E-state index contributed by atoms with van der Waals surface area (Å²) in [6.45, 7) is -0.192. The molecule has 0 saturated heterocycles. The molecule has 0 unspecified atom stereocenters. The monoisotopic (exact) mass is 2090 g/mol. The van der Waals surface area contributed by atoms with Crippen molar-refractivity contribution in [3.8, 4) is 0 Å². The molecule has 0 aliphatic heterocycles. The van der Waals surface area contributed by atoms with Gasteiger partial charge in [-0.25, -0.2) is 84.1 Å². The summed E-state index contributed by atoms with van der Waals surface area (Å²) < 4.78 is 12.7. The largest absolute Gasteiger partial charge is 0.388 e. The molecule has 8 N–H and O–H groups in total. The Balaban J connectivity index is 0.000000186. The van der Waals surface area contributed by atoms with Crippen molar-refractivity contribution in [2.45, 2.75) is 58.8 Å². The number of carbonyl (C=O) groups is 8. The van der Waals surface area contributed by atoms with Gasteiger partial charge in [-0.15, -0.1) is 0 Å². The lowest BCUT2D eigenvalue weighted by molar-refractivity contribution is 0.0897. The first kappa shape index (κ1) is 114. The molecule has 0 aliphatic carbocycles. The van der Waals surface area contributed by atoms with Gasteiger partial charge in [0.05, 0.1) is 64.6 Å². The van der Waals surface area contributed by atoms with E-state index < -0.39 is 70.2 Å². The van der Waals surface area contributed by atoms with Crippen molar-refractivity contribution in [2.24, 2.45) is 0 Å². The third-order valence-electron chi connectivity index (χ3n) is 20.3. The first-order valence-electron chi connectivity index (χ1n) is 44.0. The van der Waals surface area contributed by atoms with Gasteiger partial charge in [0.2, 0.25) is 5.95 Å². The SMILES string of the molecule is CN(c1ccc(Cl)c(Cl)c1)c1ncc(C(=O)CO)cn1.Cc1ccc(Cc2ncc(C(=O)CO)cn2)cc1.Cc1ccc(Cc2ncc(C(=O)CO)cn2)cc1.O=C(CO)c1cnc(Cc2ccc(Cl)c(Cl)c2)nc1.O=C(CO)c1cnc(Cc2ccc(Cl)cc2)nc1.O=C(CO)c1cnc(Cc2ccc(F)cc2)nc1.O=C(CO)c1cnc(Cc2ccccc2)nc1.O=C(CO)c1cnc(Cc2ccccc2Cl)nc1. The maximum atomic E-state index is 12.7. The van der Waals surface area contributed by atoms with E-state index in [0.29, 0.717) is 155 Å². The number of hydrogen-bond acceptors (Lipinski definition) is 33. The lowest BCUT2D eigenvalue weighted by atomic mass is 10.1. The molecule has 8 aromatic heterocycles. The molecule has 748 valence electrons. The maximum Gasteiger partial charge on any atom is 0.229 e. The fraction of sp³-hybridized carbons (Fsp3) is 0.170. The maximum absolute atomic E-state index is 12.7. The van der Waals surface area contributed by atoms with Crippen molar-refractivity contribution < 1.29 is 83.6 Å². The molecular formula is C106H94Cl6FN17O16. The normalized spacial score (nSPS) is 10.3. The first-order valence-corrected chi connectivity index (χ1v) is 46.3. The van der Waals surface area contributed by atoms with E-state index >= 15 is 0 Å². The van der Waals surface area contributed by atoms with Crippen LogP contribution in [-0.4, -0.2) is 227 Å². The molecule has 0 saturated carbocycles.